The van der Waals surface area contributed by atoms with Crippen LogP contribution in [0.25, 0.3) is 0 Å². The molecule has 5 nitrogen and oxygen atoms in total. The van der Waals surface area contributed by atoms with E-state index in [1.807, 2.05) is 0 Å². The molecule has 0 radical (unpaired) electrons. The number of aliphatic carboxylic acids is 2. The molecular formula is C9H13NO4. The van der Waals surface area contributed by atoms with Crippen LogP contribution in [-0.4, -0.2) is 35.2 Å². The van der Waals surface area contributed by atoms with Gasteiger partial charge >= 0.3 is 11.9 Å². The highest BCUT2D eigenvalue weighted by Crippen LogP contribution is 2.18. The number of carboxylic acid groups (broad SMARTS) is 2. The standard InChI is InChI=1S/C9H13NO4/c11-8(12)5-7(9(13)14)6-1-3-10-4-2-6/h10H,1-5H2,(H,11,12)(H,13,14). The van der Waals surface area contributed by atoms with E-state index in [4.69, 9.17) is 10.2 Å². The third-order valence-corrected chi connectivity index (χ3v) is 2.22. The molecule has 0 aliphatic carbocycles. The molecule has 0 unspecified atom stereocenters. The van der Waals surface area contributed by atoms with Gasteiger partial charge in [-0.15, -0.1) is 0 Å². The van der Waals surface area contributed by atoms with E-state index in [0.29, 0.717) is 12.8 Å². The average molecular weight is 199 g/mol. The predicted octanol–water partition coefficient (Wildman–Crippen LogP) is 0.226. The van der Waals surface area contributed by atoms with Crippen molar-refractivity contribution in [2.45, 2.75) is 19.3 Å². The lowest BCUT2D eigenvalue weighted by atomic mass is 9.97. The third kappa shape index (κ3) is 2.85. The van der Waals surface area contributed by atoms with Crippen LogP contribution in [0.15, 0.2) is 11.1 Å². The zero-order chi connectivity index (χ0) is 10.6. The zero-order valence-electron chi connectivity index (χ0n) is 7.75. The Labute approximate surface area is 81.4 Å². The molecule has 1 rings (SSSR count). The summed E-state index contributed by atoms with van der Waals surface area (Å²) >= 11 is 0. The largest absolute Gasteiger partial charge is 0.481 e. The lowest BCUT2D eigenvalue weighted by Gasteiger charge is -2.17. The molecule has 1 fully saturated rings. The number of hydrogen-bond donors (Lipinski definition) is 3. The molecule has 78 valence electrons. The summed E-state index contributed by atoms with van der Waals surface area (Å²) in [5.41, 5.74) is 0.817. The van der Waals surface area contributed by atoms with E-state index < -0.39 is 11.9 Å². The van der Waals surface area contributed by atoms with Crippen LogP contribution in [0.3, 0.4) is 0 Å². The molecule has 3 N–H and O–H groups in total. The van der Waals surface area contributed by atoms with Crippen molar-refractivity contribution in [3.05, 3.63) is 11.1 Å². The smallest absolute Gasteiger partial charge is 0.332 e. The summed E-state index contributed by atoms with van der Waals surface area (Å²) in [4.78, 5) is 21.2. The van der Waals surface area contributed by atoms with Crippen LogP contribution in [0.5, 0.6) is 0 Å². The van der Waals surface area contributed by atoms with Crippen LogP contribution < -0.4 is 5.32 Å². The number of rotatable bonds is 3. The molecule has 1 aliphatic rings. The van der Waals surface area contributed by atoms with Crippen molar-refractivity contribution in [1.29, 1.82) is 0 Å². The molecule has 5 heteroatoms. The molecule has 0 aromatic heterocycles. The van der Waals surface area contributed by atoms with Gasteiger partial charge in [0.25, 0.3) is 0 Å². The molecule has 0 aromatic rings. The van der Waals surface area contributed by atoms with Gasteiger partial charge in [0, 0.05) is 5.57 Å². The van der Waals surface area contributed by atoms with Crippen molar-refractivity contribution in [2.75, 3.05) is 13.1 Å². The number of carboxylic acids is 2. The summed E-state index contributed by atoms with van der Waals surface area (Å²) in [6.07, 6.45) is 0.883. The van der Waals surface area contributed by atoms with Crippen LogP contribution in [0.1, 0.15) is 19.3 Å². The SMILES string of the molecule is O=C(O)CC(C(=O)O)=C1CCNCC1. The molecule has 0 spiro atoms. The van der Waals surface area contributed by atoms with Crippen LogP contribution in [-0.2, 0) is 9.59 Å². The van der Waals surface area contributed by atoms with Crippen LogP contribution in [0.4, 0.5) is 0 Å². The summed E-state index contributed by atoms with van der Waals surface area (Å²) < 4.78 is 0. The Morgan fingerprint density at radius 1 is 1.21 bits per heavy atom. The Bertz CT molecular complexity index is 275. The van der Waals surface area contributed by atoms with Gasteiger partial charge < -0.3 is 15.5 Å². The summed E-state index contributed by atoms with van der Waals surface area (Å²) in [5, 5.41) is 20.5. The van der Waals surface area contributed by atoms with Gasteiger partial charge in [-0.05, 0) is 25.9 Å². The van der Waals surface area contributed by atoms with Crippen LogP contribution >= 0.6 is 0 Å². The minimum Gasteiger partial charge on any atom is -0.481 e. The van der Waals surface area contributed by atoms with Gasteiger partial charge in [0.1, 0.15) is 0 Å². The van der Waals surface area contributed by atoms with E-state index in [1.54, 1.807) is 0 Å². The first-order valence-corrected chi connectivity index (χ1v) is 4.48. The molecule has 0 saturated carbocycles. The Balaban J connectivity index is 2.82. The number of piperidine rings is 1. The minimum atomic E-state index is -1.11. The maximum atomic E-state index is 10.8. The van der Waals surface area contributed by atoms with E-state index in [1.165, 1.54) is 0 Å². The fourth-order valence-corrected chi connectivity index (χ4v) is 1.53. The summed E-state index contributed by atoms with van der Waals surface area (Å²) in [7, 11) is 0. The highest BCUT2D eigenvalue weighted by molar-refractivity contribution is 5.92. The average Bonchev–Trinajstić information content (AvgIpc) is 2.15. The number of hydrogen-bond acceptors (Lipinski definition) is 3. The third-order valence-electron chi connectivity index (χ3n) is 2.22. The molecule has 1 aliphatic heterocycles. The van der Waals surface area contributed by atoms with E-state index in [2.05, 4.69) is 5.32 Å². The predicted molar refractivity (Wildman–Crippen MR) is 49.0 cm³/mol. The van der Waals surface area contributed by atoms with E-state index in [0.717, 1.165) is 18.7 Å². The molecular weight excluding hydrogens is 186 g/mol. The van der Waals surface area contributed by atoms with Crippen molar-refractivity contribution in [3.63, 3.8) is 0 Å². The summed E-state index contributed by atoms with van der Waals surface area (Å²) in [6.45, 7) is 1.46. The maximum Gasteiger partial charge on any atom is 0.332 e. The van der Waals surface area contributed by atoms with Crippen molar-refractivity contribution in [3.8, 4) is 0 Å². The quantitative estimate of drug-likeness (QED) is 0.566. The van der Waals surface area contributed by atoms with Gasteiger partial charge in [0.05, 0.1) is 6.42 Å². The first kappa shape index (κ1) is 10.7. The van der Waals surface area contributed by atoms with Gasteiger partial charge in [0.2, 0.25) is 0 Å². The Morgan fingerprint density at radius 2 is 1.79 bits per heavy atom. The highest BCUT2D eigenvalue weighted by atomic mass is 16.4. The lowest BCUT2D eigenvalue weighted by Crippen LogP contribution is -2.25. The molecule has 1 saturated heterocycles. The van der Waals surface area contributed by atoms with Crippen molar-refractivity contribution >= 4 is 11.9 Å². The van der Waals surface area contributed by atoms with E-state index in [9.17, 15) is 9.59 Å². The van der Waals surface area contributed by atoms with Gasteiger partial charge in [-0.25, -0.2) is 4.79 Å². The second-order valence-corrected chi connectivity index (χ2v) is 3.21. The highest BCUT2D eigenvalue weighted by Gasteiger charge is 2.18. The van der Waals surface area contributed by atoms with E-state index >= 15 is 0 Å². The second-order valence-electron chi connectivity index (χ2n) is 3.21. The molecule has 0 amide bonds. The Morgan fingerprint density at radius 3 is 2.21 bits per heavy atom. The number of carbonyl (C=O) groups is 2. The lowest BCUT2D eigenvalue weighted by molar-refractivity contribution is -0.139. The minimum absolute atomic E-state index is 0.0546. The van der Waals surface area contributed by atoms with Crippen LogP contribution in [0.2, 0.25) is 0 Å². The molecule has 0 bridgehead atoms. The fraction of sp³-hybridized carbons (Fsp3) is 0.556. The van der Waals surface area contributed by atoms with E-state index in [-0.39, 0.29) is 12.0 Å². The van der Waals surface area contributed by atoms with Crippen molar-refractivity contribution < 1.29 is 19.8 Å². The van der Waals surface area contributed by atoms with Crippen molar-refractivity contribution in [1.82, 2.24) is 5.32 Å². The topological polar surface area (TPSA) is 86.6 Å². The van der Waals surface area contributed by atoms with Crippen LogP contribution in [0, 0.1) is 0 Å². The van der Waals surface area contributed by atoms with Gasteiger partial charge in [-0.1, -0.05) is 5.57 Å². The second kappa shape index (κ2) is 4.76. The monoisotopic (exact) mass is 199 g/mol. The first-order valence-electron chi connectivity index (χ1n) is 4.48. The Hall–Kier alpha value is -1.36. The molecule has 1 heterocycles. The molecule has 14 heavy (non-hydrogen) atoms. The zero-order valence-corrected chi connectivity index (χ0v) is 7.75. The van der Waals surface area contributed by atoms with Gasteiger partial charge in [-0.3, -0.25) is 4.79 Å². The maximum absolute atomic E-state index is 10.8. The van der Waals surface area contributed by atoms with Gasteiger partial charge in [0.15, 0.2) is 0 Å². The molecule has 0 aromatic carbocycles. The summed E-state index contributed by atoms with van der Waals surface area (Å²) in [6, 6.07) is 0. The van der Waals surface area contributed by atoms with Gasteiger partial charge in [-0.2, -0.15) is 0 Å². The number of nitrogens with one attached hydrogen (secondary N) is 1. The van der Waals surface area contributed by atoms with Crippen molar-refractivity contribution in [2.24, 2.45) is 0 Å². The Kier molecular flexibility index (Phi) is 3.64. The molecule has 0 atom stereocenters. The normalized spacial score (nSPS) is 16.4. The summed E-state index contributed by atoms with van der Waals surface area (Å²) in [5.74, 6) is -2.20. The fourth-order valence-electron chi connectivity index (χ4n) is 1.53. The first-order chi connectivity index (χ1) is 6.61.